The number of hydrogen-bond acceptors (Lipinski definition) is 4. The van der Waals surface area contributed by atoms with E-state index in [-0.39, 0.29) is 12.3 Å². The minimum absolute atomic E-state index is 0.00902. The number of fused-ring (bicyclic) bond motifs is 1. The summed E-state index contributed by atoms with van der Waals surface area (Å²) in [7, 11) is 1.76. The zero-order valence-corrected chi connectivity index (χ0v) is 11.0. The lowest BCUT2D eigenvalue weighted by atomic mass is 10.1. The van der Waals surface area contributed by atoms with E-state index in [1.54, 1.807) is 24.3 Å². The molecule has 0 spiro atoms. The van der Waals surface area contributed by atoms with E-state index in [0.717, 1.165) is 10.9 Å². The molecule has 0 fully saturated rings. The molecule has 1 amide bonds. The topological polar surface area (TPSA) is 75.0 Å². The smallest absolute Gasteiger partial charge is 0.228 e. The number of carbonyl (C=O) groups excluding carboxylic acids is 1. The van der Waals surface area contributed by atoms with E-state index in [1.165, 1.54) is 0 Å². The standard InChI is InChI=1S/C14H14N4O2/c1-18(9-10-7-15-16-8-10)14(19)6-12-11-4-2-3-5-13(11)20-17-12/h2-5,7-8H,6,9H2,1H3,(H,15,16). The molecule has 1 aromatic carbocycles. The Kier molecular flexibility index (Phi) is 3.20. The first-order valence-corrected chi connectivity index (χ1v) is 6.29. The Labute approximate surface area is 115 Å². The molecule has 0 bridgehead atoms. The van der Waals surface area contributed by atoms with Gasteiger partial charge in [-0.1, -0.05) is 17.3 Å². The number of nitrogens with one attached hydrogen (secondary N) is 1. The van der Waals surface area contributed by atoms with Crippen LogP contribution in [0.1, 0.15) is 11.3 Å². The molecule has 0 aliphatic rings. The maximum Gasteiger partial charge on any atom is 0.228 e. The predicted octanol–water partition coefficient (Wildman–Crippen LogP) is 1.75. The van der Waals surface area contributed by atoms with Gasteiger partial charge in [-0.05, 0) is 12.1 Å². The number of H-pyrrole nitrogens is 1. The number of likely N-dealkylation sites (N-methyl/N-ethyl adjacent to an activating group) is 1. The molecular formula is C14H14N4O2. The second-order valence-corrected chi connectivity index (χ2v) is 4.66. The first-order valence-electron chi connectivity index (χ1n) is 6.29. The SMILES string of the molecule is CN(Cc1cn[nH]c1)C(=O)Cc1noc2ccccc12. The molecule has 20 heavy (non-hydrogen) atoms. The molecule has 0 radical (unpaired) electrons. The van der Waals surface area contributed by atoms with Gasteiger partial charge in [-0.3, -0.25) is 9.89 Å². The molecule has 0 saturated carbocycles. The third kappa shape index (κ3) is 2.40. The molecule has 3 rings (SSSR count). The number of amides is 1. The van der Waals surface area contributed by atoms with Gasteiger partial charge in [0, 0.05) is 30.7 Å². The van der Waals surface area contributed by atoms with Crippen molar-refractivity contribution in [2.24, 2.45) is 0 Å². The Balaban J connectivity index is 1.72. The average Bonchev–Trinajstić information content (AvgIpc) is 3.09. The van der Waals surface area contributed by atoms with Gasteiger partial charge in [-0.15, -0.1) is 0 Å². The fraction of sp³-hybridized carbons (Fsp3) is 0.214. The van der Waals surface area contributed by atoms with Crippen molar-refractivity contribution < 1.29 is 9.32 Å². The van der Waals surface area contributed by atoms with E-state index >= 15 is 0 Å². The Morgan fingerprint density at radius 1 is 1.40 bits per heavy atom. The predicted molar refractivity (Wildman–Crippen MR) is 72.8 cm³/mol. The van der Waals surface area contributed by atoms with Gasteiger partial charge >= 0.3 is 0 Å². The van der Waals surface area contributed by atoms with Gasteiger partial charge in [0.1, 0.15) is 5.69 Å². The summed E-state index contributed by atoms with van der Waals surface area (Å²) in [5.74, 6) is -0.00902. The van der Waals surface area contributed by atoms with Crippen LogP contribution < -0.4 is 0 Å². The molecule has 1 N–H and O–H groups in total. The summed E-state index contributed by atoms with van der Waals surface area (Å²) in [6, 6.07) is 7.53. The molecule has 2 aromatic heterocycles. The van der Waals surface area contributed by atoms with Gasteiger partial charge in [0.15, 0.2) is 5.58 Å². The van der Waals surface area contributed by atoms with Crippen LogP contribution in [0.2, 0.25) is 0 Å². The van der Waals surface area contributed by atoms with Crippen LogP contribution in [0.25, 0.3) is 11.0 Å². The van der Waals surface area contributed by atoms with E-state index in [2.05, 4.69) is 15.4 Å². The quantitative estimate of drug-likeness (QED) is 0.783. The van der Waals surface area contributed by atoms with E-state index in [1.807, 2.05) is 24.3 Å². The second-order valence-electron chi connectivity index (χ2n) is 4.66. The number of benzene rings is 1. The first-order chi connectivity index (χ1) is 9.74. The van der Waals surface area contributed by atoms with Crippen molar-refractivity contribution in [1.29, 1.82) is 0 Å². The summed E-state index contributed by atoms with van der Waals surface area (Å²) in [5, 5.41) is 11.4. The van der Waals surface area contributed by atoms with Crippen LogP contribution in [-0.2, 0) is 17.8 Å². The lowest BCUT2D eigenvalue weighted by molar-refractivity contribution is -0.129. The van der Waals surface area contributed by atoms with Crippen molar-refractivity contribution in [2.75, 3.05) is 7.05 Å². The van der Waals surface area contributed by atoms with E-state index in [0.29, 0.717) is 17.8 Å². The Hall–Kier alpha value is -2.63. The van der Waals surface area contributed by atoms with Gasteiger partial charge in [-0.25, -0.2) is 0 Å². The summed E-state index contributed by atoms with van der Waals surface area (Å²) in [6.07, 6.45) is 3.70. The third-order valence-electron chi connectivity index (χ3n) is 3.17. The Morgan fingerprint density at radius 2 is 2.25 bits per heavy atom. The summed E-state index contributed by atoms with van der Waals surface area (Å²) in [4.78, 5) is 13.8. The molecule has 0 saturated heterocycles. The fourth-order valence-corrected chi connectivity index (χ4v) is 2.07. The van der Waals surface area contributed by atoms with E-state index in [4.69, 9.17) is 4.52 Å². The normalized spacial score (nSPS) is 10.8. The molecule has 6 heteroatoms. The monoisotopic (exact) mass is 270 g/mol. The highest BCUT2D eigenvalue weighted by Crippen LogP contribution is 2.18. The average molecular weight is 270 g/mol. The lowest BCUT2D eigenvalue weighted by Crippen LogP contribution is -2.27. The van der Waals surface area contributed by atoms with Crippen LogP contribution in [0.15, 0.2) is 41.2 Å². The van der Waals surface area contributed by atoms with Crippen LogP contribution in [0.5, 0.6) is 0 Å². The van der Waals surface area contributed by atoms with Crippen molar-refractivity contribution >= 4 is 16.9 Å². The molecule has 102 valence electrons. The Morgan fingerprint density at radius 3 is 3.05 bits per heavy atom. The van der Waals surface area contributed by atoms with Gasteiger partial charge in [0.2, 0.25) is 5.91 Å². The van der Waals surface area contributed by atoms with Gasteiger partial charge in [0.05, 0.1) is 12.6 Å². The number of para-hydroxylation sites is 1. The van der Waals surface area contributed by atoms with E-state index < -0.39 is 0 Å². The summed E-state index contributed by atoms with van der Waals surface area (Å²) < 4.78 is 5.20. The summed E-state index contributed by atoms with van der Waals surface area (Å²) in [6.45, 7) is 0.519. The highest BCUT2D eigenvalue weighted by Gasteiger charge is 2.15. The van der Waals surface area contributed by atoms with Crippen molar-refractivity contribution in [1.82, 2.24) is 20.3 Å². The summed E-state index contributed by atoms with van der Waals surface area (Å²) >= 11 is 0. The number of carbonyl (C=O) groups is 1. The molecule has 6 nitrogen and oxygen atoms in total. The van der Waals surface area contributed by atoms with E-state index in [9.17, 15) is 4.79 Å². The molecule has 0 aliphatic heterocycles. The Bertz CT molecular complexity index is 718. The van der Waals surface area contributed by atoms with Crippen LogP contribution >= 0.6 is 0 Å². The number of rotatable bonds is 4. The number of hydrogen-bond donors (Lipinski definition) is 1. The van der Waals surface area contributed by atoms with Crippen molar-refractivity contribution in [2.45, 2.75) is 13.0 Å². The van der Waals surface area contributed by atoms with Crippen molar-refractivity contribution in [3.8, 4) is 0 Å². The van der Waals surface area contributed by atoms with Gasteiger partial charge in [0.25, 0.3) is 0 Å². The van der Waals surface area contributed by atoms with Crippen LogP contribution in [0, 0.1) is 0 Å². The maximum absolute atomic E-state index is 12.2. The van der Waals surface area contributed by atoms with Crippen molar-refractivity contribution in [3.63, 3.8) is 0 Å². The summed E-state index contributed by atoms with van der Waals surface area (Å²) in [5.41, 5.74) is 2.34. The number of aromatic nitrogens is 3. The molecule has 2 heterocycles. The fourth-order valence-electron chi connectivity index (χ4n) is 2.07. The van der Waals surface area contributed by atoms with Crippen LogP contribution in [0.3, 0.4) is 0 Å². The first kappa shape index (κ1) is 12.4. The minimum Gasteiger partial charge on any atom is -0.356 e. The van der Waals surface area contributed by atoms with Crippen LogP contribution in [-0.4, -0.2) is 33.2 Å². The molecule has 0 aliphatic carbocycles. The number of nitrogens with zero attached hydrogens (tertiary/aromatic N) is 3. The zero-order chi connectivity index (χ0) is 13.9. The molecular weight excluding hydrogens is 256 g/mol. The van der Waals surface area contributed by atoms with Crippen molar-refractivity contribution in [3.05, 3.63) is 47.9 Å². The highest BCUT2D eigenvalue weighted by molar-refractivity contribution is 5.86. The number of aromatic amines is 1. The third-order valence-corrected chi connectivity index (χ3v) is 3.17. The van der Waals surface area contributed by atoms with Gasteiger partial charge in [-0.2, -0.15) is 5.10 Å². The maximum atomic E-state index is 12.2. The lowest BCUT2D eigenvalue weighted by Gasteiger charge is -2.15. The van der Waals surface area contributed by atoms with Gasteiger partial charge < -0.3 is 9.42 Å². The highest BCUT2D eigenvalue weighted by atomic mass is 16.5. The molecule has 3 aromatic rings. The van der Waals surface area contributed by atoms with Crippen LogP contribution in [0.4, 0.5) is 0 Å². The molecule has 0 atom stereocenters. The largest absolute Gasteiger partial charge is 0.356 e. The molecule has 0 unspecified atom stereocenters. The zero-order valence-electron chi connectivity index (χ0n) is 11.0. The minimum atomic E-state index is -0.00902. The second kappa shape index (κ2) is 5.16.